The Hall–Kier alpha value is 0.310. The van der Waals surface area contributed by atoms with E-state index in [0.29, 0.717) is 10.8 Å². The molecule has 1 saturated carbocycles. The number of hydrogen-bond donors (Lipinski definition) is 1. The zero-order chi connectivity index (χ0) is 11.1. The lowest BCUT2D eigenvalue weighted by Crippen LogP contribution is -2.33. The molecule has 0 spiro atoms. The zero-order valence-electron chi connectivity index (χ0n) is 10.6. The lowest BCUT2D eigenvalue weighted by Gasteiger charge is -2.18. The van der Waals surface area contributed by atoms with Crippen molar-refractivity contribution in [2.45, 2.75) is 69.6 Å². The van der Waals surface area contributed by atoms with E-state index >= 15 is 0 Å². The van der Waals surface area contributed by atoms with E-state index < -0.39 is 0 Å². The zero-order valence-corrected chi connectivity index (χ0v) is 11.5. The molecule has 1 rings (SSSR count). The van der Waals surface area contributed by atoms with Crippen LogP contribution in [0.4, 0.5) is 0 Å². The van der Waals surface area contributed by atoms with E-state index in [1.54, 1.807) is 0 Å². The summed E-state index contributed by atoms with van der Waals surface area (Å²) in [5.74, 6) is 0. The largest absolute Gasteiger partial charge is 0.313 e. The van der Waals surface area contributed by atoms with Crippen LogP contribution in [0.15, 0.2) is 0 Å². The van der Waals surface area contributed by atoms with Gasteiger partial charge in [-0.05, 0) is 32.4 Å². The fourth-order valence-electron chi connectivity index (χ4n) is 1.93. The van der Waals surface area contributed by atoms with Crippen molar-refractivity contribution in [1.82, 2.24) is 5.32 Å². The number of thioether (sulfide) groups is 1. The van der Waals surface area contributed by atoms with E-state index in [4.69, 9.17) is 0 Å². The van der Waals surface area contributed by atoms with Crippen LogP contribution in [0.1, 0.15) is 58.8 Å². The Labute approximate surface area is 99.8 Å². The normalized spacial score (nSPS) is 20.2. The van der Waals surface area contributed by atoms with Crippen molar-refractivity contribution in [2.75, 3.05) is 12.8 Å². The van der Waals surface area contributed by atoms with E-state index in [0.717, 1.165) is 0 Å². The average molecular weight is 229 g/mol. The van der Waals surface area contributed by atoms with Gasteiger partial charge in [-0.3, -0.25) is 0 Å². The van der Waals surface area contributed by atoms with Gasteiger partial charge in [-0.25, -0.2) is 0 Å². The smallest absolute Gasteiger partial charge is 0.0282 e. The molecule has 90 valence electrons. The molecule has 1 N–H and O–H groups in total. The van der Waals surface area contributed by atoms with Gasteiger partial charge in [0.2, 0.25) is 0 Å². The van der Waals surface area contributed by atoms with E-state index in [2.05, 4.69) is 25.4 Å². The van der Waals surface area contributed by atoms with E-state index in [-0.39, 0.29) is 0 Å². The third-order valence-electron chi connectivity index (χ3n) is 3.50. The van der Waals surface area contributed by atoms with Crippen LogP contribution in [0.2, 0.25) is 0 Å². The predicted octanol–water partition coefficient (Wildman–Crippen LogP) is 3.83. The molecule has 1 aliphatic rings. The van der Waals surface area contributed by atoms with Crippen LogP contribution >= 0.6 is 11.8 Å². The molecule has 1 atom stereocenters. The van der Waals surface area contributed by atoms with Crippen LogP contribution in [-0.4, -0.2) is 23.6 Å². The Kier molecular flexibility index (Phi) is 6.06. The van der Waals surface area contributed by atoms with E-state index in [1.807, 2.05) is 11.8 Å². The second-order valence-electron chi connectivity index (χ2n) is 5.02. The third-order valence-corrected chi connectivity index (χ3v) is 4.92. The second-order valence-corrected chi connectivity index (χ2v) is 6.29. The van der Waals surface area contributed by atoms with Crippen molar-refractivity contribution < 1.29 is 0 Å². The molecule has 1 fully saturated rings. The first kappa shape index (κ1) is 13.4. The second kappa shape index (κ2) is 6.80. The topological polar surface area (TPSA) is 12.0 Å². The molecule has 1 unspecified atom stereocenters. The summed E-state index contributed by atoms with van der Waals surface area (Å²) >= 11 is 2.05. The molecular weight excluding hydrogens is 202 g/mol. The highest BCUT2D eigenvalue weighted by atomic mass is 32.2. The Morgan fingerprint density at radius 1 is 1.27 bits per heavy atom. The molecule has 0 radical (unpaired) electrons. The minimum absolute atomic E-state index is 0.623. The van der Waals surface area contributed by atoms with Crippen molar-refractivity contribution in [2.24, 2.45) is 0 Å². The third kappa shape index (κ3) is 5.26. The van der Waals surface area contributed by atoms with Crippen molar-refractivity contribution in [3.8, 4) is 0 Å². The van der Waals surface area contributed by atoms with Gasteiger partial charge in [0.15, 0.2) is 0 Å². The highest BCUT2D eigenvalue weighted by Gasteiger charge is 2.41. The molecule has 0 aromatic carbocycles. The molecule has 1 aliphatic carbocycles. The maximum absolute atomic E-state index is 3.69. The van der Waals surface area contributed by atoms with Crippen LogP contribution in [-0.2, 0) is 0 Å². The van der Waals surface area contributed by atoms with Crippen molar-refractivity contribution in [1.29, 1.82) is 0 Å². The van der Waals surface area contributed by atoms with Gasteiger partial charge >= 0.3 is 0 Å². The van der Waals surface area contributed by atoms with Gasteiger partial charge in [-0.2, -0.15) is 11.8 Å². The van der Waals surface area contributed by atoms with Gasteiger partial charge in [0.1, 0.15) is 0 Å². The average Bonchev–Trinajstić information content (AvgIpc) is 3.02. The standard InChI is InChI=1S/C13H27NS/c1-4-5-6-7-8-12(2)14-11-13(15-3)9-10-13/h12,14H,4-11H2,1-3H3. The number of unbranched alkanes of at least 4 members (excludes halogenated alkanes) is 3. The highest BCUT2D eigenvalue weighted by Crippen LogP contribution is 2.46. The van der Waals surface area contributed by atoms with Gasteiger partial charge in [-0.1, -0.05) is 32.6 Å². The number of rotatable bonds is 9. The maximum atomic E-state index is 3.69. The summed E-state index contributed by atoms with van der Waals surface area (Å²) in [5, 5.41) is 3.69. The first-order chi connectivity index (χ1) is 7.22. The van der Waals surface area contributed by atoms with E-state index in [1.165, 1.54) is 51.5 Å². The van der Waals surface area contributed by atoms with Crippen LogP contribution in [0, 0.1) is 0 Å². The van der Waals surface area contributed by atoms with Crippen LogP contribution in [0.5, 0.6) is 0 Å². The molecule has 2 heteroatoms. The Morgan fingerprint density at radius 3 is 2.53 bits per heavy atom. The monoisotopic (exact) mass is 229 g/mol. The molecule has 15 heavy (non-hydrogen) atoms. The minimum atomic E-state index is 0.623. The first-order valence-corrected chi connectivity index (χ1v) is 7.73. The summed E-state index contributed by atoms with van der Waals surface area (Å²) in [6, 6.07) is 0.714. The molecule has 0 aromatic rings. The van der Waals surface area contributed by atoms with Crippen molar-refractivity contribution >= 4 is 11.8 Å². The van der Waals surface area contributed by atoms with Gasteiger partial charge < -0.3 is 5.32 Å². The summed E-state index contributed by atoms with van der Waals surface area (Å²) < 4.78 is 0.623. The van der Waals surface area contributed by atoms with Crippen LogP contribution in [0.25, 0.3) is 0 Å². The van der Waals surface area contributed by atoms with Crippen LogP contribution < -0.4 is 5.32 Å². The lowest BCUT2D eigenvalue weighted by molar-refractivity contribution is 0.480. The van der Waals surface area contributed by atoms with Gasteiger partial charge in [0.25, 0.3) is 0 Å². The van der Waals surface area contributed by atoms with Crippen molar-refractivity contribution in [3.05, 3.63) is 0 Å². The lowest BCUT2D eigenvalue weighted by atomic mass is 10.1. The molecular formula is C13H27NS. The first-order valence-electron chi connectivity index (χ1n) is 6.51. The Morgan fingerprint density at radius 2 is 2.00 bits per heavy atom. The predicted molar refractivity (Wildman–Crippen MR) is 71.7 cm³/mol. The van der Waals surface area contributed by atoms with E-state index in [9.17, 15) is 0 Å². The quantitative estimate of drug-likeness (QED) is 0.603. The SMILES string of the molecule is CCCCCCC(C)NCC1(SC)CC1. The fraction of sp³-hybridized carbons (Fsp3) is 1.00. The molecule has 1 nitrogen and oxygen atoms in total. The van der Waals surface area contributed by atoms with Gasteiger partial charge in [-0.15, -0.1) is 0 Å². The summed E-state index contributed by atoms with van der Waals surface area (Å²) in [7, 11) is 0. The molecule has 0 aromatic heterocycles. The Bertz CT molecular complexity index is 166. The molecule has 0 heterocycles. The minimum Gasteiger partial charge on any atom is -0.313 e. The Balaban J connectivity index is 1.96. The molecule has 0 amide bonds. The summed E-state index contributed by atoms with van der Waals surface area (Å²) in [5.41, 5.74) is 0. The van der Waals surface area contributed by atoms with Crippen LogP contribution in [0.3, 0.4) is 0 Å². The molecule has 0 aliphatic heterocycles. The fourth-order valence-corrected chi connectivity index (χ4v) is 2.67. The summed E-state index contributed by atoms with van der Waals surface area (Å²) in [6.45, 7) is 5.84. The maximum Gasteiger partial charge on any atom is 0.0282 e. The number of nitrogens with one attached hydrogen (secondary N) is 1. The summed E-state index contributed by atoms with van der Waals surface area (Å²) in [6.07, 6.45) is 12.0. The molecule has 0 saturated heterocycles. The van der Waals surface area contributed by atoms with Gasteiger partial charge in [0, 0.05) is 17.3 Å². The highest BCUT2D eigenvalue weighted by molar-refractivity contribution is 8.00. The van der Waals surface area contributed by atoms with Gasteiger partial charge in [0.05, 0.1) is 0 Å². The molecule has 0 bridgehead atoms. The summed E-state index contributed by atoms with van der Waals surface area (Å²) in [4.78, 5) is 0. The van der Waals surface area contributed by atoms with Crippen molar-refractivity contribution in [3.63, 3.8) is 0 Å². The number of hydrogen-bond acceptors (Lipinski definition) is 2.